The van der Waals surface area contributed by atoms with Crippen molar-refractivity contribution < 1.29 is 14.3 Å². The molecule has 0 aliphatic rings. The highest BCUT2D eigenvalue weighted by Crippen LogP contribution is 2.41. The molecular formula is C26H17Cl2NO4. The number of halogens is 2. The molecule has 1 atom stereocenters. The summed E-state index contributed by atoms with van der Waals surface area (Å²) in [4.78, 5) is 29.3. The molecule has 0 amide bonds. The van der Waals surface area contributed by atoms with Gasteiger partial charge in [-0.05, 0) is 41.5 Å². The first kappa shape index (κ1) is 21.3. The van der Waals surface area contributed by atoms with Crippen molar-refractivity contribution >= 4 is 50.9 Å². The van der Waals surface area contributed by atoms with Crippen LogP contribution in [0.4, 0.5) is 0 Å². The molecule has 5 nitrogen and oxygen atoms in total. The fraction of sp³-hybridized carbons (Fsp3) is 0.0769. The summed E-state index contributed by atoms with van der Waals surface area (Å²) in [6, 6.07) is 19.3. The number of hydrogen-bond acceptors (Lipinski definition) is 4. The van der Waals surface area contributed by atoms with Gasteiger partial charge >= 0.3 is 5.63 Å². The average molecular weight is 478 g/mol. The summed E-state index contributed by atoms with van der Waals surface area (Å²) in [5.41, 5.74) is 1.20. The van der Waals surface area contributed by atoms with E-state index in [1.807, 2.05) is 30.5 Å². The molecule has 33 heavy (non-hydrogen) atoms. The summed E-state index contributed by atoms with van der Waals surface area (Å²) < 4.78 is 5.30. The summed E-state index contributed by atoms with van der Waals surface area (Å²) in [5, 5.41) is 12.8. The monoisotopic (exact) mass is 477 g/mol. The van der Waals surface area contributed by atoms with Gasteiger partial charge in [-0.3, -0.25) is 4.79 Å². The molecule has 5 aromatic rings. The number of aromatic hydroxyl groups is 1. The topological polar surface area (TPSA) is 83.3 Å². The zero-order chi connectivity index (χ0) is 23.1. The molecule has 0 fully saturated rings. The van der Waals surface area contributed by atoms with Gasteiger partial charge in [-0.15, -0.1) is 0 Å². The van der Waals surface area contributed by atoms with Crippen LogP contribution in [0.3, 0.4) is 0 Å². The van der Waals surface area contributed by atoms with Gasteiger partial charge in [0.25, 0.3) is 0 Å². The van der Waals surface area contributed by atoms with Gasteiger partial charge in [0.05, 0.1) is 5.39 Å². The Morgan fingerprint density at radius 1 is 0.939 bits per heavy atom. The number of H-pyrrole nitrogens is 1. The van der Waals surface area contributed by atoms with Gasteiger partial charge in [0.1, 0.15) is 16.9 Å². The summed E-state index contributed by atoms with van der Waals surface area (Å²) in [5.74, 6) is -1.53. The lowest BCUT2D eigenvalue weighted by atomic mass is 9.85. The molecule has 0 aliphatic carbocycles. The molecule has 0 saturated carbocycles. The summed E-state index contributed by atoms with van der Waals surface area (Å²) in [6.07, 6.45) is 1.66. The largest absolute Gasteiger partial charge is 0.506 e. The molecule has 2 N–H and O–H groups in total. The van der Waals surface area contributed by atoms with E-state index in [0.717, 1.165) is 16.5 Å². The van der Waals surface area contributed by atoms with Crippen molar-refractivity contribution in [3.63, 3.8) is 0 Å². The molecule has 0 saturated heterocycles. The highest BCUT2D eigenvalue weighted by atomic mass is 35.5. The summed E-state index contributed by atoms with van der Waals surface area (Å²) >= 11 is 13.1. The molecule has 0 bridgehead atoms. The lowest BCUT2D eigenvalue weighted by Gasteiger charge is -2.19. The van der Waals surface area contributed by atoms with E-state index in [0.29, 0.717) is 21.0 Å². The van der Waals surface area contributed by atoms with E-state index in [-0.39, 0.29) is 17.6 Å². The quantitative estimate of drug-likeness (QED) is 0.218. The fourth-order valence-electron chi connectivity index (χ4n) is 4.26. The van der Waals surface area contributed by atoms with Crippen molar-refractivity contribution in [2.24, 2.45) is 0 Å². The molecule has 5 rings (SSSR count). The Bertz CT molecular complexity index is 1560. The molecule has 0 aliphatic heterocycles. The molecular weight excluding hydrogens is 461 g/mol. The van der Waals surface area contributed by atoms with Gasteiger partial charge in [-0.1, -0.05) is 59.6 Å². The van der Waals surface area contributed by atoms with Crippen molar-refractivity contribution in [1.82, 2.24) is 4.98 Å². The number of ketones is 1. The maximum atomic E-state index is 13.5. The Kier molecular flexibility index (Phi) is 5.44. The Hall–Kier alpha value is -3.54. The van der Waals surface area contributed by atoms with Crippen molar-refractivity contribution in [2.75, 3.05) is 0 Å². The van der Waals surface area contributed by atoms with Crippen LogP contribution in [0, 0.1) is 0 Å². The number of fused-ring (bicyclic) bond motifs is 2. The molecule has 3 aromatic carbocycles. The SMILES string of the molecule is O=C(CC(c1c(Cl)cccc1Cl)c1c[nH]c2ccccc12)c1c(O)c2ccccc2oc1=O. The number of hydrogen-bond donors (Lipinski definition) is 2. The highest BCUT2D eigenvalue weighted by Gasteiger charge is 2.29. The second-order valence-corrected chi connectivity index (χ2v) is 8.53. The number of benzene rings is 3. The first-order chi connectivity index (χ1) is 16.0. The predicted octanol–water partition coefficient (Wildman–Crippen LogP) is 6.69. The van der Waals surface area contributed by atoms with E-state index in [1.54, 1.807) is 42.5 Å². The van der Waals surface area contributed by atoms with Crippen molar-refractivity contribution in [2.45, 2.75) is 12.3 Å². The highest BCUT2D eigenvalue weighted by molar-refractivity contribution is 6.36. The molecule has 2 aromatic heterocycles. The van der Waals surface area contributed by atoms with E-state index >= 15 is 0 Å². The molecule has 1 unspecified atom stereocenters. The van der Waals surface area contributed by atoms with Gasteiger partial charge in [0.2, 0.25) is 0 Å². The number of para-hydroxylation sites is 2. The van der Waals surface area contributed by atoms with E-state index in [9.17, 15) is 14.7 Å². The number of nitrogens with one attached hydrogen (secondary N) is 1. The third-order valence-corrected chi connectivity index (χ3v) is 6.46. The summed E-state index contributed by atoms with van der Waals surface area (Å²) in [6.45, 7) is 0. The second kappa shape index (κ2) is 8.43. The third-order valence-electron chi connectivity index (χ3n) is 5.80. The Labute approximate surface area is 198 Å². The fourth-order valence-corrected chi connectivity index (χ4v) is 4.92. The Balaban J connectivity index is 1.67. The molecule has 0 radical (unpaired) electrons. The number of carbonyl (C=O) groups is 1. The normalized spacial score (nSPS) is 12.3. The maximum Gasteiger partial charge on any atom is 0.351 e. The van der Waals surface area contributed by atoms with Crippen molar-refractivity contribution in [1.29, 1.82) is 0 Å². The second-order valence-electron chi connectivity index (χ2n) is 7.71. The van der Waals surface area contributed by atoms with Gasteiger partial charge in [-0.2, -0.15) is 0 Å². The first-order valence-electron chi connectivity index (χ1n) is 10.2. The minimum Gasteiger partial charge on any atom is -0.506 e. The number of aromatic amines is 1. The van der Waals surface area contributed by atoms with Crippen LogP contribution in [-0.4, -0.2) is 15.9 Å². The maximum absolute atomic E-state index is 13.5. The minimum absolute atomic E-state index is 0.151. The van der Waals surface area contributed by atoms with Crippen LogP contribution in [0.25, 0.3) is 21.9 Å². The van der Waals surface area contributed by atoms with E-state index in [4.69, 9.17) is 27.6 Å². The third kappa shape index (κ3) is 3.69. The molecule has 2 heterocycles. The van der Waals surface area contributed by atoms with Gasteiger partial charge in [-0.25, -0.2) is 4.79 Å². The van der Waals surface area contributed by atoms with E-state index < -0.39 is 23.1 Å². The first-order valence-corrected chi connectivity index (χ1v) is 11.0. The van der Waals surface area contributed by atoms with Gasteiger partial charge in [0, 0.05) is 39.5 Å². The van der Waals surface area contributed by atoms with Gasteiger partial charge < -0.3 is 14.5 Å². The Morgan fingerprint density at radius 2 is 1.61 bits per heavy atom. The van der Waals surface area contributed by atoms with Crippen LogP contribution in [0.15, 0.2) is 82.1 Å². The summed E-state index contributed by atoms with van der Waals surface area (Å²) in [7, 11) is 0. The number of Topliss-reactive ketones (excluding diaryl/α,β-unsaturated/α-hetero) is 1. The zero-order valence-electron chi connectivity index (χ0n) is 17.1. The number of rotatable bonds is 5. The minimum atomic E-state index is -0.890. The zero-order valence-corrected chi connectivity index (χ0v) is 18.7. The van der Waals surface area contributed by atoms with Crippen LogP contribution in [0.1, 0.15) is 33.8 Å². The standard InChI is InChI=1S/C26H17Cl2NO4/c27-18-8-5-9-19(28)23(18)16(17-13-29-20-10-3-1-6-14(17)20)12-21(30)24-25(31)15-7-2-4-11-22(15)33-26(24)32/h1-11,13,16,29,31H,12H2. The van der Waals surface area contributed by atoms with Crippen molar-refractivity contribution in [3.8, 4) is 5.75 Å². The van der Waals surface area contributed by atoms with Gasteiger partial charge in [0.15, 0.2) is 5.78 Å². The van der Waals surface area contributed by atoms with Crippen LogP contribution >= 0.6 is 23.2 Å². The lowest BCUT2D eigenvalue weighted by molar-refractivity contribution is 0.0971. The van der Waals surface area contributed by atoms with E-state index in [1.165, 1.54) is 0 Å². The average Bonchev–Trinajstić information content (AvgIpc) is 3.22. The van der Waals surface area contributed by atoms with Crippen molar-refractivity contribution in [3.05, 3.63) is 110 Å². The van der Waals surface area contributed by atoms with E-state index in [2.05, 4.69) is 4.98 Å². The Morgan fingerprint density at radius 3 is 2.36 bits per heavy atom. The molecule has 7 heteroatoms. The molecule has 0 spiro atoms. The number of carbonyl (C=O) groups excluding carboxylic acids is 1. The lowest BCUT2D eigenvalue weighted by Crippen LogP contribution is -2.18. The number of aromatic nitrogens is 1. The van der Waals surface area contributed by atoms with Crippen LogP contribution in [0.5, 0.6) is 5.75 Å². The van der Waals surface area contributed by atoms with Crippen LogP contribution in [0.2, 0.25) is 10.0 Å². The predicted molar refractivity (Wildman–Crippen MR) is 130 cm³/mol. The van der Waals surface area contributed by atoms with Crippen LogP contribution < -0.4 is 5.63 Å². The van der Waals surface area contributed by atoms with Crippen LogP contribution in [-0.2, 0) is 0 Å². The molecule has 164 valence electrons. The smallest absolute Gasteiger partial charge is 0.351 e.